The number of nitrogens with one attached hydrogen (secondary N) is 1. The summed E-state index contributed by atoms with van der Waals surface area (Å²) in [5, 5.41) is 5.26. The van der Waals surface area contributed by atoms with Crippen molar-refractivity contribution in [1.29, 1.82) is 0 Å². The minimum atomic E-state index is -0.117. The molecule has 5 rings (SSSR count). The number of para-hydroxylation sites is 1. The first-order valence-corrected chi connectivity index (χ1v) is 11.7. The van der Waals surface area contributed by atoms with Gasteiger partial charge in [0.15, 0.2) is 0 Å². The summed E-state index contributed by atoms with van der Waals surface area (Å²) in [7, 11) is 2.02. The first-order chi connectivity index (χ1) is 16.1. The Morgan fingerprint density at radius 3 is 2.45 bits per heavy atom. The third-order valence-corrected chi connectivity index (χ3v) is 6.35. The van der Waals surface area contributed by atoms with Crippen LogP contribution in [0, 0.1) is 0 Å². The van der Waals surface area contributed by atoms with Crippen molar-refractivity contribution in [2.75, 3.05) is 5.32 Å². The summed E-state index contributed by atoms with van der Waals surface area (Å²) < 4.78 is 4.13. The number of hydrogen-bond acceptors (Lipinski definition) is 1. The molecular formula is C29H29N3O. The fourth-order valence-corrected chi connectivity index (χ4v) is 4.55. The maximum absolute atomic E-state index is 13.4. The lowest BCUT2D eigenvalue weighted by atomic mass is 10.1. The van der Waals surface area contributed by atoms with Crippen LogP contribution in [0.4, 0.5) is 5.69 Å². The van der Waals surface area contributed by atoms with Crippen LogP contribution in [0.5, 0.6) is 0 Å². The number of nitrogens with zero attached hydrogens (tertiary/aromatic N) is 2. The summed E-state index contributed by atoms with van der Waals surface area (Å²) in [4.78, 5) is 13.4. The summed E-state index contributed by atoms with van der Waals surface area (Å²) in [5.41, 5.74) is 5.93. The minimum Gasteiger partial charge on any atom is -0.351 e. The zero-order valence-corrected chi connectivity index (χ0v) is 19.2. The SMILES string of the molecule is CCCCCc1ccc(-n2c(C(=O)Nc3ccc4c(ccn4C)c3)cc3ccccc32)cc1. The highest BCUT2D eigenvalue weighted by atomic mass is 16.1. The van der Waals surface area contributed by atoms with E-state index in [2.05, 4.69) is 63.8 Å². The van der Waals surface area contributed by atoms with Crippen LogP contribution in [-0.2, 0) is 13.5 Å². The summed E-state index contributed by atoms with van der Waals surface area (Å²) in [5.74, 6) is -0.117. The predicted octanol–water partition coefficient (Wildman–Crippen LogP) is 7.11. The Labute approximate surface area is 194 Å². The molecule has 2 heterocycles. The monoisotopic (exact) mass is 435 g/mol. The smallest absolute Gasteiger partial charge is 0.272 e. The third-order valence-electron chi connectivity index (χ3n) is 6.35. The highest BCUT2D eigenvalue weighted by Crippen LogP contribution is 2.27. The molecule has 33 heavy (non-hydrogen) atoms. The van der Waals surface area contributed by atoms with Gasteiger partial charge in [-0.2, -0.15) is 0 Å². The van der Waals surface area contributed by atoms with Crippen molar-refractivity contribution in [2.24, 2.45) is 7.05 Å². The number of hydrogen-bond donors (Lipinski definition) is 1. The molecule has 166 valence electrons. The van der Waals surface area contributed by atoms with Crippen LogP contribution in [0.25, 0.3) is 27.5 Å². The van der Waals surface area contributed by atoms with Crippen molar-refractivity contribution in [2.45, 2.75) is 32.6 Å². The van der Waals surface area contributed by atoms with Crippen LogP contribution in [0.15, 0.2) is 85.1 Å². The van der Waals surface area contributed by atoms with Gasteiger partial charge >= 0.3 is 0 Å². The molecule has 5 aromatic rings. The molecule has 4 heteroatoms. The van der Waals surface area contributed by atoms with Gasteiger partial charge in [-0.05, 0) is 66.9 Å². The van der Waals surface area contributed by atoms with E-state index in [-0.39, 0.29) is 5.91 Å². The highest BCUT2D eigenvalue weighted by Gasteiger charge is 2.17. The Hall–Kier alpha value is -3.79. The summed E-state index contributed by atoms with van der Waals surface area (Å²) >= 11 is 0. The van der Waals surface area contributed by atoms with Crippen LogP contribution < -0.4 is 5.32 Å². The van der Waals surface area contributed by atoms with Crippen molar-refractivity contribution in [3.8, 4) is 5.69 Å². The molecule has 0 bridgehead atoms. The van der Waals surface area contributed by atoms with E-state index in [0.717, 1.165) is 39.6 Å². The van der Waals surface area contributed by atoms with E-state index >= 15 is 0 Å². The quantitative estimate of drug-likeness (QED) is 0.272. The van der Waals surface area contributed by atoms with Gasteiger partial charge in [-0.15, -0.1) is 0 Å². The van der Waals surface area contributed by atoms with Crippen LogP contribution in [0.2, 0.25) is 0 Å². The fourth-order valence-electron chi connectivity index (χ4n) is 4.55. The lowest BCUT2D eigenvalue weighted by molar-refractivity contribution is 0.102. The maximum Gasteiger partial charge on any atom is 0.272 e. The largest absolute Gasteiger partial charge is 0.351 e. The van der Waals surface area contributed by atoms with Crippen LogP contribution >= 0.6 is 0 Å². The molecule has 4 nitrogen and oxygen atoms in total. The standard InChI is InChI=1S/C29H29N3O/c1-3-4-5-8-21-11-14-25(15-12-21)32-27-10-7-6-9-22(27)20-28(32)29(33)30-24-13-16-26-23(19-24)17-18-31(26)2/h6-7,9-20H,3-5,8H2,1-2H3,(H,30,33). The predicted molar refractivity (Wildman–Crippen MR) is 137 cm³/mol. The number of rotatable bonds is 7. The molecule has 2 aromatic heterocycles. The Bertz CT molecular complexity index is 1420. The average Bonchev–Trinajstić information content (AvgIpc) is 3.40. The van der Waals surface area contributed by atoms with Gasteiger partial charge in [-0.1, -0.05) is 50.1 Å². The molecule has 0 unspecified atom stereocenters. The number of fused-ring (bicyclic) bond motifs is 2. The molecular weight excluding hydrogens is 406 g/mol. The van der Waals surface area contributed by atoms with Gasteiger partial charge in [0.05, 0.1) is 5.52 Å². The van der Waals surface area contributed by atoms with Gasteiger partial charge in [-0.25, -0.2) is 0 Å². The van der Waals surface area contributed by atoms with Gasteiger partial charge in [0, 0.05) is 40.9 Å². The van der Waals surface area contributed by atoms with Gasteiger partial charge < -0.3 is 14.5 Å². The van der Waals surface area contributed by atoms with Crippen molar-refractivity contribution in [3.63, 3.8) is 0 Å². The first-order valence-electron chi connectivity index (χ1n) is 11.7. The zero-order chi connectivity index (χ0) is 22.8. The van der Waals surface area contributed by atoms with E-state index in [1.807, 2.05) is 49.6 Å². The topological polar surface area (TPSA) is 39.0 Å². The van der Waals surface area contributed by atoms with E-state index in [1.54, 1.807) is 0 Å². The average molecular weight is 436 g/mol. The number of carbonyl (C=O) groups is 1. The van der Waals surface area contributed by atoms with E-state index in [1.165, 1.54) is 24.8 Å². The van der Waals surface area contributed by atoms with Crippen LogP contribution in [0.3, 0.4) is 0 Å². The number of amides is 1. The van der Waals surface area contributed by atoms with Crippen LogP contribution in [-0.4, -0.2) is 15.0 Å². The lowest BCUT2D eigenvalue weighted by Crippen LogP contribution is -2.16. The van der Waals surface area contributed by atoms with Crippen molar-refractivity contribution in [1.82, 2.24) is 9.13 Å². The number of aromatic nitrogens is 2. The van der Waals surface area contributed by atoms with E-state index in [4.69, 9.17) is 0 Å². The van der Waals surface area contributed by atoms with Crippen molar-refractivity contribution < 1.29 is 4.79 Å². The fraction of sp³-hybridized carbons (Fsp3) is 0.207. The number of anilines is 1. The van der Waals surface area contributed by atoms with E-state index in [9.17, 15) is 4.79 Å². The Kier molecular flexibility index (Phi) is 5.74. The van der Waals surface area contributed by atoms with Gasteiger partial charge in [0.25, 0.3) is 5.91 Å². The van der Waals surface area contributed by atoms with Gasteiger partial charge in [0.1, 0.15) is 5.69 Å². The second-order valence-corrected chi connectivity index (χ2v) is 8.70. The highest BCUT2D eigenvalue weighted by molar-refractivity contribution is 6.07. The molecule has 1 amide bonds. The molecule has 0 fully saturated rings. The van der Waals surface area contributed by atoms with E-state index < -0.39 is 0 Å². The van der Waals surface area contributed by atoms with E-state index in [0.29, 0.717) is 5.69 Å². The Morgan fingerprint density at radius 1 is 0.848 bits per heavy atom. The second kappa shape index (κ2) is 8.99. The lowest BCUT2D eigenvalue weighted by Gasteiger charge is -2.12. The van der Waals surface area contributed by atoms with Crippen molar-refractivity contribution >= 4 is 33.4 Å². The molecule has 0 saturated carbocycles. The summed E-state index contributed by atoms with van der Waals surface area (Å²) in [6.45, 7) is 2.23. The summed E-state index contributed by atoms with van der Waals surface area (Å²) in [6, 6.07) is 26.8. The molecule has 0 atom stereocenters. The molecule has 0 aliphatic rings. The number of carbonyl (C=O) groups excluding carboxylic acids is 1. The Balaban J connectivity index is 1.48. The normalized spacial score (nSPS) is 11.3. The molecule has 0 aliphatic carbocycles. The van der Waals surface area contributed by atoms with Crippen molar-refractivity contribution in [3.05, 3.63) is 96.3 Å². The first kappa shape index (κ1) is 21.1. The zero-order valence-electron chi connectivity index (χ0n) is 19.2. The second-order valence-electron chi connectivity index (χ2n) is 8.70. The molecule has 0 aliphatic heterocycles. The van der Waals surface area contributed by atoms with Gasteiger partial charge in [0.2, 0.25) is 0 Å². The molecule has 0 spiro atoms. The van der Waals surface area contributed by atoms with Gasteiger partial charge in [-0.3, -0.25) is 4.79 Å². The third kappa shape index (κ3) is 4.17. The molecule has 0 radical (unpaired) electrons. The molecule has 3 aromatic carbocycles. The minimum absolute atomic E-state index is 0.117. The number of benzene rings is 3. The molecule has 1 N–H and O–H groups in total. The number of aryl methyl sites for hydroxylation is 2. The summed E-state index contributed by atoms with van der Waals surface area (Å²) in [6.07, 6.45) is 6.81. The maximum atomic E-state index is 13.4. The number of unbranched alkanes of at least 4 members (excludes halogenated alkanes) is 2. The molecule has 0 saturated heterocycles. The Morgan fingerprint density at radius 2 is 1.64 bits per heavy atom. The van der Waals surface area contributed by atoms with Crippen LogP contribution in [0.1, 0.15) is 42.2 Å².